The Kier molecular flexibility index (Phi) is 7.96. The Bertz CT molecular complexity index is 1520. The van der Waals surface area contributed by atoms with Gasteiger partial charge in [0.2, 0.25) is 0 Å². The smallest absolute Gasteiger partial charge is 0.252 e. The van der Waals surface area contributed by atoms with Crippen LogP contribution in [-0.4, -0.2) is 34.5 Å². The van der Waals surface area contributed by atoms with Crippen molar-refractivity contribution >= 4 is 34.3 Å². The van der Waals surface area contributed by atoms with Gasteiger partial charge in [-0.1, -0.05) is 42.8 Å². The molecule has 1 fully saturated rings. The minimum Gasteiger partial charge on any atom is -0.389 e. The van der Waals surface area contributed by atoms with Gasteiger partial charge in [-0.15, -0.1) is 11.8 Å². The highest BCUT2D eigenvalue weighted by atomic mass is 35.5. The van der Waals surface area contributed by atoms with E-state index in [9.17, 15) is 14.3 Å². The van der Waals surface area contributed by atoms with Crippen LogP contribution >= 0.6 is 23.4 Å². The topological polar surface area (TPSA) is 65.1 Å². The average Bonchev–Trinajstić information content (AvgIpc) is 2.90. The Labute approximate surface area is 231 Å². The third-order valence-corrected chi connectivity index (χ3v) is 8.65. The molecule has 0 spiro atoms. The highest BCUT2D eigenvalue weighted by molar-refractivity contribution is 7.98. The van der Waals surface area contributed by atoms with Crippen LogP contribution in [-0.2, 0) is 12.8 Å². The molecule has 3 N–H and O–H groups in total. The Morgan fingerprint density at radius 2 is 2.00 bits per heavy atom. The first-order valence-electron chi connectivity index (χ1n) is 13.0. The molecular formula is C31H32ClFN2O2S. The van der Waals surface area contributed by atoms with Gasteiger partial charge in [-0.2, -0.15) is 0 Å². The van der Waals surface area contributed by atoms with E-state index in [1.165, 1.54) is 0 Å². The second-order valence-electron chi connectivity index (χ2n) is 10.2. The van der Waals surface area contributed by atoms with E-state index in [1.807, 2.05) is 67.8 Å². The van der Waals surface area contributed by atoms with E-state index >= 15 is 0 Å². The minimum atomic E-state index is -1.24. The number of piperidine rings is 1. The van der Waals surface area contributed by atoms with Crippen molar-refractivity contribution in [2.24, 2.45) is 0 Å². The number of halogens is 2. The largest absolute Gasteiger partial charge is 0.389 e. The molecule has 0 bridgehead atoms. The molecule has 0 radical (unpaired) electrons. The average molecular weight is 551 g/mol. The van der Waals surface area contributed by atoms with Crippen molar-refractivity contribution in [1.29, 1.82) is 0 Å². The fourth-order valence-electron chi connectivity index (χ4n) is 5.75. The van der Waals surface area contributed by atoms with Crippen LogP contribution in [0.15, 0.2) is 76.4 Å². The van der Waals surface area contributed by atoms with E-state index in [-0.39, 0.29) is 17.4 Å². The highest BCUT2D eigenvalue weighted by Gasteiger charge is 2.44. The number of H-pyrrole nitrogens is 1. The first kappa shape index (κ1) is 26.9. The van der Waals surface area contributed by atoms with Crippen molar-refractivity contribution in [3.8, 4) is 0 Å². The van der Waals surface area contributed by atoms with Crippen LogP contribution in [0.2, 0.25) is 5.02 Å². The summed E-state index contributed by atoms with van der Waals surface area (Å²) in [5.74, 6) is -0.827. The van der Waals surface area contributed by atoms with E-state index in [2.05, 4.69) is 10.3 Å². The maximum atomic E-state index is 14.8. The maximum Gasteiger partial charge on any atom is 0.252 e. The molecular weight excluding hydrogens is 519 g/mol. The molecule has 5 rings (SSSR count). The number of aliphatic hydroxyl groups is 1. The number of aromatic nitrogens is 1. The Hall–Kier alpha value is -2.64. The molecule has 1 aliphatic rings. The number of aromatic amines is 1. The zero-order valence-corrected chi connectivity index (χ0v) is 23.1. The lowest BCUT2D eigenvalue weighted by Gasteiger charge is -2.43. The van der Waals surface area contributed by atoms with Gasteiger partial charge in [-0.25, -0.2) is 4.39 Å². The molecule has 4 nitrogen and oxygen atoms in total. The number of nitrogens with one attached hydrogen (secondary N) is 2. The lowest BCUT2D eigenvalue weighted by molar-refractivity contribution is -0.0189. The standard InChI is InChI=1S/C31H32ClFN2O2S/c1-3-19-7-8-20(27(33)13-19)15-24-18-31(37,11-12-34-24)29(21-5-4-6-23(32)14-21)26-17-22-16-25(38-2)9-10-28(22)35-30(26)36/h4-10,13-14,16-17,24,29,34,37H,3,11-12,15,18H2,1-2H3,(H,35,36). The van der Waals surface area contributed by atoms with Crippen LogP contribution in [0.5, 0.6) is 0 Å². The molecule has 4 aromatic rings. The van der Waals surface area contributed by atoms with Crippen LogP contribution in [0.25, 0.3) is 10.9 Å². The summed E-state index contributed by atoms with van der Waals surface area (Å²) in [5.41, 5.74) is 2.14. The van der Waals surface area contributed by atoms with Gasteiger partial charge < -0.3 is 15.4 Å². The third-order valence-electron chi connectivity index (χ3n) is 7.69. The molecule has 1 aromatic heterocycles. The second-order valence-corrected chi connectivity index (χ2v) is 11.5. The number of fused-ring (bicyclic) bond motifs is 1. The molecule has 0 saturated carbocycles. The Morgan fingerprint density at radius 1 is 1.16 bits per heavy atom. The van der Waals surface area contributed by atoms with Crippen LogP contribution in [0, 0.1) is 5.82 Å². The summed E-state index contributed by atoms with van der Waals surface area (Å²) in [6.45, 7) is 2.55. The first-order valence-corrected chi connectivity index (χ1v) is 14.6. The zero-order valence-electron chi connectivity index (χ0n) is 21.6. The van der Waals surface area contributed by atoms with Crippen molar-refractivity contribution in [3.05, 3.63) is 110 Å². The molecule has 3 atom stereocenters. The molecule has 0 amide bonds. The van der Waals surface area contributed by atoms with Crippen molar-refractivity contribution in [3.63, 3.8) is 0 Å². The molecule has 3 unspecified atom stereocenters. The zero-order chi connectivity index (χ0) is 26.9. The van der Waals surface area contributed by atoms with Crippen molar-refractivity contribution in [2.45, 2.75) is 55.1 Å². The lowest BCUT2D eigenvalue weighted by atomic mass is 9.70. The molecule has 7 heteroatoms. The number of hydrogen-bond donors (Lipinski definition) is 3. The van der Waals surface area contributed by atoms with Crippen LogP contribution in [0.1, 0.15) is 47.9 Å². The van der Waals surface area contributed by atoms with Gasteiger partial charge in [0.15, 0.2) is 0 Å². The number of thioether (sulfide) groups is 1. The fraction of sp³-hybridized carbons (Fsp3) is 0.323. The summed E-state index contributed by atoms with van der Waals surface area (Å²) in [6, 6.07) is 20.5. The van der Waals surface area contributed by atoms with E-state index < -0.39 is 11.5 Å². The van der Waals surface area contributed by atoms with Crippen molar-refractivity contribution in [1.82, 2.24) is 10.3 Å². The molecule has 3 aromatic carbocycles. The van der Waals surface area contributed by atoms with Crippen molar-refractivity contribution in [2.75, 3.05) is 12.8 Å². The lowest BCUT2D eigenvalue weighted by Crippen LogP contribution is -2.52. The summed E-state index contributed by atoms with van der Waals surface area (Å²) < 4.78 is 14.8. The Morgan fingerprint density at radius 3 is 2.74 bits per heavy atom. The molecule has 38 heavy (non-hydrogen) atoms. The quantitative estimate of drug-likeness (QED) is 0.231. The number of pyridine rings is 1. The Balaban J connectivity index is 1.56. The van der Waals surface area contributed by atoms with Gasteiger partial charge in [0, 0.05) is 33.0 Å². The highest BCUT2D eigenvalue weighted by Crippen LogP contribution is 2.42. The third kappa shape index (κ3) is 5.55. The van der Waals surface area contributed by atoms with E-state index in [4.69, 9.17) is 11.6 Å². The van der Waals surface area contributed by atoms with Gasteiger partial charge in [0.25, 0.3) is 5.56 Å². The second kappa shape index (κ2) is 11.2. The van der Waals surface area contributed by atoms with Crippen LogP contribution < -0.4 is 10.9 Å². The number of benzene rings is 3. The fourth-order valence-corrected chi connectivity index (χ4v) is 6.40. The predicted molar refractivity (Wildman–Crippen MR) is 155 cm³/mol. The number of aryl methyl sites for hydroxylation is 1. The van der Waals surface area contributed by atoms with Gasteiger partial charge in [0.1, 0.15) is 5.82 Å². The monoisotopic (exact) mass is 550 g/mol. The van der Waals surface area contributed by atoms with Gasteiger partial charge in [-0.05, 0) is 103 Å². The van der Waals surface area contributed by atoms with Gasteiger partial charge >= 0.3 is 0 Å². The van der Waals surface area contributed by atoms with E-state index in [1.54, 1.807) is 23.9 Å². The minimum absolute atomic E-state index is 0.153. The first-order chi connectivity index (χ1) is 18.3. The summed E-state index contributed by atoms with van der Waals surface area (Å²) in [4.78, 5) is 17.6. The summed E-state index contributed by atoms with van der Waals surface area (Å²) in [6.07, 6.45) is 4.05. The van der Waals surface area contributed by atoms with Crippen LogP contribution in [0.4, 0.5) is 4.39 Å². The summed E-state index contributed by atoms with van der Waals surface area (Å²) in [5, 5.41) is 17.2. The SMILES string of the molecule is CCc1ccc(CC2CC(O)(C(c3cccc(Cl)c3)c3cc4cc(SC)ccc4[nH]c3=O)CCN2)c(F)c1. The molecule has 2 heterocycles. The normalized spacial score (nSPS) is 20.5. The molecule has 1 saturated heterocycles. The molecule has 1 aliphatic heterocycles. The van der Waals surface area contributed by atoms with Crippen molar-refractivity contribution < 1.29 is 9.50 Å². The molecule has 198 valence electrons. The van der Waals surface area contributed by atoms with E-state index in [0.717, 1.165) is 33.3 Å². The number of hydrogen-bond acceptors (Lipinski definition) is 4. The van der Waals surface area contributed by atoms with Gasteiger partial charge in [-0.3, -0.25) is 4.79 Å². The predicted octanol–water partition coefficient (Wildman–Crippen LogP) is 6.46. The number of rotatable bonds is 7. The van der Waals surface area contributed by atoms with Gasteiger partial charge in [0.05, 0.1) is 5.60 Å². The van der Waals surface area contributed by atoms with E-state index in [0.29, 0.717) is 42.0 Å². The maximum absolute atomic E-state index is 14.8. The summed E-state index contributed by atoms with van der Waals surface area (Å²) >= 11 is 8.02. The van der Waals surface area contributed by atoms with Crippen LogP contribution in [0.3, 0.4) is 0 Å². The summed E-state index contributed by atoms with van der Waals surface area (Å²) in [7, 11) is 0. The molecule has 0 aliphatic carbocycles.